The van der Waals surface area contributed by atoms with Gasteiger partial charge in [0.15, 0.2) is 4.96 Å². The van der Waals surface area contributed by atoms with E-state index in [1.807, 2.05) is 36.7 Å². The van der Waals surface area contributed by atoms with Crippen molar-refractivity contribution < 1.29 is 4.42 Å². The number of furan rings is 1. The van der Waals surface area contributed by atoms with Gasteiger partial charge in [0.1, 0.15) is 11.6 Å². The number of thiazole rings is 1. The van der Waals surface area contributed by atoms with Crippen LogP contribution < -0.4 is 5.56 Å². The van der Waals surface area contributed by atoms with Crippen LogP contribution in [-0.4, -0.2) is 43.5 Å². The number of likely N-dealkylation sites (tertiary alicyclic amines) is 1. The van der Waals surface area contributed by atoms with Crippen LogP contribution >= 0.6 is 11.3 Å². The van der Waals surface area contributed by atoms with Crippen molar-refractivity contribution in [1.82, 2.24) is 23.8 Å². The largest absolute Gasteiger partial charge is 0.467 e. The number of aryl methyl sites for hydroxylation is 1. The van der Waals surface area contributed by atoms with Crippen molar-refractivity contribution in [3.05, 3.63) is 87.4 Å². The van der Waals surface area contributed by atoms with Gasteiger partial charge in [-0.25, -0.2) is 9.97 Å². The van der Waals surface area contributed by atoms with E-state index in [1.54, 1.807) is 10.7 Å². The van der Waals surface area contributed by atoms with E-state index in [0.717, 1.165) is 84.2 Å². The number of aromatic nitrogens is 4. The fourth-order valence-corrected chi connectivity index (χ4v) is 6.02. The third-order valence-electron chi connectivity index (χ3n) is 7.25. The van der Waals surface area contributed by atoms with Gasteiger partial charge in [-0.15, -0.1) is 11.3 Å². The number of hydrogen-bond acceptors (Lipinski definition) is 6. The van der Waals surface area contributed by atoms with Crippen molar-refractivity contribution in [2.75, 3.05) is 19.6 Å². The quantitative estimate of drug-likeness (QED) is 0.337. The van der Waals surface area contributed by atoms with Crippen molar-refractivity contribution in [3.8, 4) is 0 Å². The molecule has 8 heteroatoms. The summed E-state index contributed by atoms with van der Waals surface area (Å²) in [6.45, 7) is 5.67. The number of rotatable bonds is 7. The van der Waals surface area contributed by atoms with Crippen LogP contribution in [0.5, 0.6) is 0 Å². The first-order valence-corrected chi connectivity index (χ1v) is 13.2. The second-order valence-electron chi connectivity index (χ2n) is 9.46. The molecule has 35 heavy (non-hydrogen) atoms. The van der Waals surface area contributed by atoms with Crippen molar-refractivity contribution in [3.63, 3.8) is 0 Å². The van der Waals surface area contributed by atoms with Crippen molar-refractivity contribution in [1.29, 1.82) is 0 Å². The van der Waals surface area contributed by atoms with E-state index < -0.39 is 0 Å². The number of nitrogens with zero attached hydrogens (tertiary/aromatic N) is 5. The molecule has 6 rings (SSSR count). The lowest BCUT2D eigenvalue weighted by atomic mass is 9.93. The summed E-state index contributed by atoms with van der Waals surface area (Å²) >= 11 is 1.50. The smallest absolute Gasteiger partial charge is 0.261 e. The van der Waals surface area contributed by atoms with E-state index in [9.17, 15) is 4.79 Å². The SMILES string of the molecule is Cc1nc2sccn2c(=O)c1CCN1CCC(Cc2nc3ccccc3n2Cc2ccco2)CC1. The molecule has 0 aliphatic carbocycles. The molecule has 0 spiro atoms. The lowest BCUT2D eigenvalue weighted by molar-refractivity contribution is 0.184. The van der Waals surface area contributed by atoms with Gasteiger partial charge >= 0.3 is 0 Å². The molecule has 5 heterocycles. The molecule has 1 aromatic carbocycles. The highest BCUT2D eigenvalue weighted by molar-refractivity contribution is 7.15. The summed E-state index contributed by atoms with van der Waals surface area (Å²) < 4.78 is 9.62. The Labute approximate surface area is 207 Å². The molecule has 1 fully saturated rings. The zero-order chi connectivity index (χ0) is 23.8. The molecule has 0 unspecified atom stereocenters. The number of para-hydroxylation sites is 2. The Balaban J connectivity index is 1.11. The number of piperidine rings is 1. The second-order valence-corrected chi connectivity index (χ2v) is 10.3. The van der Waals surface area contributed by atoms with E-state index in [-0.39, 0.29) is 5.56 Å². The number of imidazole rings is 1. The molecule has 4 aromatic heterocycles. The molecule has 1 saturated heterocycles. The van der Waals surface area contributed by atoms with E-state index in [2.05, 4.69) is 32.7 Å². The normalized spacial score (nSPS) is 15.5. The maximum absolute atomic E-state index is 12.9. The average molecular weight is 488 g/mol. The average Bonchev–Trinajstić information content (AvgIpc) is 3.62. The van der Waals surface area contributed by atoms with Gasteiger partial charge in [-0.05, 0) is 69.5 Å². The Bertz CT molecular complexity index is 1510. The highest BCUT2D eigenvalue weighted by atomic mass is 32.1. The Morgan fingerprint density at radius 1 is 1.11 bits per heavy atom. The maximum Gasteiger partial charge on any atom is 0.261 e. The molecule has 5 aromatic rings. The minimum Gasteiger partial charge on any atom is -0.467 e. The molecular formula is C27H29N5O2S. The monoisotopic (exact) mass is 487 g/mol. The highest BCUT2D eigenvalue weighted by Crippen LogP contribution is 2.25. The van der Waals surface area contributed by atoms with Gasteiger partial charge < -0.3 is 13.9 Å². The summed E-state index contributed by atoms with van der Waals surface area (Å²) in [7, 11) is 0. The van der Waals surface area contributed by atoms with E-state index in [0.29, 0.717) is 12.5 Å². The fraction of sp³-hybridized carbons (Fsp3) is 0.370. The van der Waals surface area contributed by atoms with Crippen molar-refractivity contribution >= 4 is 27.3 Å². The Kier molecular flexibility index (Phi) is 6.00. The Morgan fingerprint density at radius 3 is 2.80 bits per heavy atom. The second kappa shape index (κ2) is 9.43. The lowest BCUT2D eigenvalue weighted by Gasteiger charge is -2.32. The summed E-state index contributed by atoms with van der Waals surface area (Å²) in [5.74, 6) is 2.69. The van der Waals surface area contributed by atoms with Gasteiger partial charge in [0.25, 0.3) is 5.56 Å². The summed E-state index contributed by atoms with van der Waals surface area (Å²) in [5, 5.41) is 1.92. The zero-order valence-corrected chi connectivity index (χ0v) is 20.7. The molecule has 0 atom stereocenters. The van der Waals surface area contributed by atoms with E-state index >= 15 is 0 Å². The molecule has 7 nitrogen and oxygen atoms in total. The maximum atomic E-state index is 12.9. The zero-order valence-electron chi connectivity index (χ0n) is 19.9. The highest BCUT2D eigenvalue weighted by Gasteiger charge is 2.23. The van der Waals surface area contributed by atoms with Crippen molar-refractivity contribution in [2.45, 2.75) is 39.2 Å². The number of fused-ring (bicyclic) bond motifs is 2. The summed E-state index contributed by atoms with van der Waals surface area (Å²) in [6, 6.07) is 12.3. The Hall–Kier alpha value is -3.23. The lowest BCUT2D eigenvalue weighted by Crippen LogP contribution is -2.37. The molecule has 1 aliphatic heterocycles. The van der Waals surface area contributed by atoms with Crippen LogP contribution in [0, 0.1) is 12.8 Å². The molecular weight excluding hydrogens is 458 g/mol. The van der Waals surface area contributed by atoms with Gasteiger partial charge in [0, 0.05) is 35.8 Å². The van der Waals surface area contributed by atoms with Crippen LogP contribution in [0.3, 0.4) is 0 Å². The third kappa shape index (κ3) is 4.44. The number of benzene rings is 1. The predicted octanol–water partition coefficient (Wildman–Crippen LogP) is 4.55. The van der Waals surface area contributed by atoms with Crippen molar-refractivity contribution in [2.24, 2.45) is 5.92 Å². The summed E-state index contributed by atoms with van der Waals surface area (Å²) in [4.78, 5) is 25.7. The van der Waals surface area contributed by atoms with Crippen LogP contribution in [0.25, 0.3) is 16.0 Å². The predicted molar refractivity (Wildman–Crippen MR) is 138 cm³/mol. The van der Waals surface area contributed by atoms with Gasteiger partial charge in [-0.3, -0.25) is 9.20 Å². The molecule has 0 amide bonds. The van der Waals surface area contributed by atoms with Crippen LogP contribution in [0.1, 0.15) is 35.7 Å². The van der Waals surface area contributed by atoms with Crippen LogP contribution in [0.4, 0.5) is 0 Å². The molecule has 0 radical (unpaired) electrons. The molecule has 1 aliphatic rings. The van der Waals surface area contributed by atoms with Crippen LogP contribution in [-0.2, 0) is 19.4 Å². The number of hydrogen-bond donors (Lipinski definition) is 0. The van der Waals surface area contributed by atoms with Gasteiger partial charge in [0.05, 0.1) is 23.8 Å². The van der Waals surface area contributed by atoms with Crippen LogP contribution in [0.15, 0.2) is 63.4 Å². The molecule has 0 bridgehead atoms. The summed E-state index contributed by atoms with van der Waals surface area (Å²) in [5.41, 5.74) is 4.00. The Morgan fingerprint density at radius 2 is 1.97 bits per heavy atom. The van der Waals surface area contributed by atoms with Gasteiger partial charge in [-0.1, -0.05) is 12.1 Å². The molecule has 0 N–H and O–H groups in total. The van der Waals surface area contributed by atoms with Crippen LogP contribution in [0.2, 0.25) is 0 Å². The first-order valence-electron chi connectivity index (χ1n) is 12.3. The van der Waals surface area contributed by atoms with Gasteiger partial charge in [-0.2, -0.15) is 0 Å². The first kappa shape index (κ1) is 22.2. The molecule has 180 valence electrons. The van der Waals surface area contributed by atoms with Gasteiger partial charge in [0.2, 0.25) is 0 Å². The topological polar surface area (TPSA) is 68.6 Å². The first-order chi connectivity index (χ1) is 17.2. The summed E-state index contributed by atoms with van der Waals surface area (Å²) in [6.07, 6.45) is 7.56. The minimum atomic E-state index is 0.0825. The van der Waals surface area contributed by atoms with E-state index in [1.165, 1.54) is 11.3 Å². The minimum absolute atomic E-state index is 0.0825. The standard InChI is InChI=1S/C27H29N5O2S/c1-19-22(26(33)31-14-16-35-27(31)28-19)10-13-30-11-8-20(9-12-30)17-25-29-23-6-2-3-7-24(23)32(25)18-21-5-4-15-34-21/h2-7,14-16,20H,8-13,17-18H2,1H3. The third-order valence-corrected chi connectivity index (χ3v) is 8.01. The fourth-order valence-electron chi connectivity index (χ4n) is 5.26. The van der Waals surface area contributed by atoms with E-state index in [4.69, 9.17) is 9.40 Å². The molecule has 0 saturated carbocycles.